The molecule has 1 aliphatic rings. The zero-order chi connectivity index (χ0) is 19.4. The highest BCUT2D eigenvalue weighted by Crippen LogP contribution is 2.17. The topological polar surface area (TPSA) is 109 Å². The number of carbonyl (C=O) groups excluding carboxylic acids is 2. The molecule has 2 heterocycles. The lowest BCUT2D eigenvalue weighted by Crippen LogP contribution is -2.46. The quantitative estimate of drug-likeness (QED) is 0.827. The van der Waals surface area contributed by atoms with E-state index in [1.165, 1.54) is 9.80 Å². The normalized spacial score (nSPS) is 16.8. The first-order valence-electron chi connectivity index (χ1n) is 8.67. The standard InChI is InChI=1S/C18H21N5O4/c1-21(10-16(24)22-8-2-3-14(9-22)18(26)27)17(25)13-4-6-15(7-5-13)23-11-19-20-12-23/h4-7,11-12,14H,2-3,8-10H2,1H3,(H,26,27). The number of carbonyl (C=O) groups is 3. The molecule has 1 fully saturated rings. The van der Waals surface area contributed by atoms with E-state index >= 15 is 0 Å². The van der Waals surface area contributed by atoms with Crippen LogP contribution in [0.5, 0.6) is 0 Å². The number of aromatic nitrogens is 3. The minimum absolute atomic E-state index is 0.0850. The Hall–Kier alpha value is -3.23. The molecule has 0 radical (unpaired) electrons. The highest BCUT2D eigenvalue weighted by Gasteiger charge is 2.29. The molecular weight excluding hydrogens is 350 g/mol. The summed E-state index contributed by atoms with van der Waals surface area (Å²) >= 11 is 0. The molecular formula is C18H21N5O4. The van der Waals surface area contributed by atoms with Crippen LogP contribution in [0.3, 0.4) is 0 Å². The van der Waals surface area contributed by atoms with Crippen LogP contribution in [0.25, 0.3) is 5.69 Å². The maximum absolute atomic E-state index is 12.6. The second-order valence-electron chi connectivity index (χ2n) is 6.59. The van der Waals surface area contributed by atoms with Crippen LogP contribution in [0.4, 0.5) is 0 Å². The van der Waals surface area contributed by atoms with Gasteiger partial charge in [-0.3, -0.25) is 19.0 Å². The molecule has 27 heavy (non-hydrogen) atoms. The van der Waals surface area contributed by atoms with Crippen LogP contribution >= 0.6 is 0 Å². The first kappa shape index (κ1) is 18.6. The summed E-state index contributed by atoms with van der Waals surface area (Å²) < 4.78 is 1.72. The number of carboxylic acid groups (broad SMARTS) is 1. The van der Waals surface area contributed by atoms with Crippen molar-refractivity contribution in [3.63, 3.8) is 0 Å². The fraction of sp³-hybridized carbons (Fsp3) is 0.389. The first-order chi connectivity index (χ1) is 13.0. The van der Waals surface area contributed by atoms with E-state index in [4.69, 9.17) is 5.11 Å². The predicted molar refractivity (Wildman–Crippen MR) is 95.3 cm³/mol. The minimum Gasteiger partial charge on any atom is -0.481 e. The Morgan fingerprint density at radius 1 is 1.19 bits per heavy atom. The van der Waals surface area contributed by atoms with E-state index in [9.17, 15) is 14.4 Å². The molecule has 1 saturated heterocycles. The summed E-state index contributed by atoms with van der Waals surface area (Å²) in [5.41, 5.74) is 1.28. The van der Waals surface area contributed by atoms with Gasteiger partial charge in [-0.15, -0.1) is 10.2 Å². The lowest BCUT2D eigenvalue weighted by molar-refractivity contribution is -0.145. The van der Waals surface area contributed by atoms with Crippen molar-refractivity contribution < 1.29 is 19.5 Å². The zero-order valence-corrected chi connectivity index (χ0v) is 15.0. The number of hydrogen-bond donors (Lipinski definition) is 1. The van der Waals surface area contributed by atoms with Crippen molar-refractivity contribution in [2.75, 3.05) is 26.7 Å². The third-order valence-corrected chi connectivity index (χ3v) is 4.67. The van der Waals surface area contributed by atoms with E-state index in [1.807, 2.05) is 0 Å². The van der Waals surface area contributed by atoms with Crippen LogP contribution in [-0.2, 0) is 9.59 Å². The number of piperidine rings is 1. The molecule has 9 nitrogen and oxygen atoms in total. The number of hydrogen-bond acceptors (Lipinski definition) is 5. The molecule has 2 amide bonds. The van der Waals surface area contributed by atoms with Gasteiger partial charge in [0.05, 0.1) is 12.5 Å². The highest BCUT2D eigenvalue weighted by atomic mass is 16.4. The van der Waals surface area contributed by atoms with Crippen LogP contribution in [-0.4, -0.2) is 74.1 Å². The van der Waals surface area contributed by atoms with Gasteiger partial charge in [-0.05, 0) is 37.1 Å². The monoisotopic (exact) mass is 371 g/mol. The smallest absolute Gasteiger partial charge is 0.308 e. The molecule has 1 N–H and O–H groups in total. The third-order valence-electron chi connectivity index (χ3n) is 4.67. The summed E-state index contributed by atoms with van der Waals surface area (Å²) in [4.78, 5) is 39.0. The highest BCUT2D eigenvalue weighted by molar-refractivity contribution is 5.96. The van der Waals surface area contributed by atoms with Crippen molar-refractivity contribution >= 4 is 17.8 Å². The number of likely N-dealkylation sites (tertiary alicyclic amines) is 1. The van der Waals surface area contributed by atoms with Crippen molar-refractivity contribution in [3.8, 4) is 5.69 Å². The van der Waals surface area contributed by atoms with Gasteiger partial charge in [0.2, 0.25) is 5.91 Å². The van der Waals surface area contributed by atoms with E-state index in [2.05, 4.69) is 10.2 Å². The molecule has 1 unspecified atom stereocenters. The summed E-state index contributed by atoms with van der Waals surface area (Å²) in [7, 11) is 1.56. The molecule has 3 rings (SSSR count). The van der Waals surface area contributed by atoms with Gasteiger partial charge in [-0.25, -0.2) is 0 Å². The Morgan fingerprint density at radius 3 is 2.48 bits per heavy atom. The Bertz CT molecular complexity index is 819. The van der Waals surface area contributed by atoms with Crippen LogP contribution in [0.2, 0.25) is 0 Å². The van der Waals surface area contributed by atoms with Gasteiger partial charge < -0.3 is 14.9 Å². The van der Waals surface area contributed by atoms with Crippen molar-refractivity contribution in [1.82, 2.24) is 24.6 Å². The molecule has 142 valence electrons. The van der Waals surface area contributed by atoms with Gasteiger partial charge in [0.25, 0.3) is 5.91 Å². The third kappa shape index (κ3) is 4.30. The summed E-state index contributed by atoms with van der Waals surface area (Å²) in [6, 6.07) is 6.91. The van der Waals surface area contributed by atoms with Gasteiger partial charge in [0, 0.05) is 31.4 Å². The van der Waals surface area contributed by atoms with E-state index < -0.39 is 11.9 Å². The summed E-state index contributed by atoms with van der Waals surface area (Å²) in [6.45, 7) is 0.639. The number of nitrogens with zero attached hydrogens (tertiary/aromatic N) is 5. The van der Waals surface area contributed by atoms with Crippen LogP contribution < -0.4 is 0 Å². The summed E-state index contributed by atoms with van der Waals surface area (Å²) in [6.07, 6.45) is 4.35. The second-order valence-corrected chi connectivity index (χ2v) is 6.59. The summed E-state index contributed by atoms with van der Waals surface area (Å²) in [5, 5.41) is 16.6. The molecule has 1 atom stereocenters. The largest absolute Gasteiger partial charge is 0.481 e. The number of rotatable bonds is 5. The Balaban J connectivity index is 1.60. The average Bonchev–Trinajstić information content (AvgIpc) is 3.22. The van der Waals surface area contributed by atoms with E-state index in [0.717, 1.165) is 5.69 Å². The molecule has 0 spiro atoms. The molecule has 0 saturated carbocycles. The fourth-order valence-electron chi connectivity index (χ4n) is 3.11. The SMILES string of the molecule is CN(CC(=O)N1CCCC(C(=O)O)C1)C(=O)c1ccc(-n2cnnc2)cc1. The Kier molecular flexibility index (Phi) is 5.49. The molecule has 1 aromatic heterocycles. The summed E-state index contributed by atoms with van der Waals surface area (Å²) in [5.74, 6) is -1.93. The second kappa shape index (κ2) is 7.98. The van der Waals surface area contributed by atoms with Gasteiger partial charge in [-0.2, -0.15) is 0 Å². The van der Waals surface area contributed by atoms with Crippen LogP contribution in [0, 0.1) is 5.92 Å². The van der Waals surface area contributed by atoms with Crippen LogP contribution in [0.15, 0.2) is 36.9 Å². The zero-order valence-electron chi connectivity index (χ0n) is 15.0. The lowest BCUT2D eigenvalue weighted by Gasteiger charge is -2.32. The average molecular weight is 371 g/mol. The number of likely N-dealkylation sites (N-methyl/N-ethyl adjacent to an activating group) is 1. The maximum Gasteiger partial charge on any atom is 0.308 e. The van der Waals surface area contributed by atoms with Gasteiger partial charge >= 0.3 is 5.97 Å². The Labute approximate surface area is 156 Å². The molecule has 1 aromatic carbocycles. The van der Waals surface area contributed by atoms with E-state index in [0.29, 0.717) is 24.9 Å². The van der Waals surface area contributed by atoms with Crippen molar-refractivity contribution in [2.24, 2.45) is 5.92 Å². The molecule has 0 bridgehead atoms. The number of carboxylic acids is 1. The molecule has 0 aliphatic carbocycles. The van der Waals surface area contributed by atoms with Gasteiger partial charge in [-0.1, -0.05) is 0 Å². The molecule has 9 heteroatoms. The van der Waals surface area contributed by atoms with E-state index in [-0.39, 0.29) is 24.9 Å². The van der Waals surface area contributed by atoms with Crippen molar-refractivity contribution in [1.29, 1.82) is 0 Å². The number of aliphatic carboxylic acids is 1. The molecule has 1 aliphatic heterocycles. The van der Waals surface area contributed by atoms with Gasteiger partial charge in [0.1, 0.15) is 12.7 Å². The van der Waals surface area contributed by atoms with Gasteiger partial charge in [0.15, 0.2) is 0 Å². The van der Waals surface area contributed by atoms with Crippen molar-refractivity contribution in [2.45, 2.75) is 12.8 Å². The maximum atomic E-state index is 12.6. The van der Waals surface area contributed by atoms with Crippen molar-refractivity contribution in [3.05, 3.63) is 42.5 Å². The number of amides is 2. The minimum atomic E-state index is -0.884. The molecule has 2 aromatic rings. The van der Waals surface area contributed by atoms with Crippen LogP contribution in [0.1, 0.15) is 23.2 Å². The first-order valence-corrected chi connectivity index (χ1v) is 8.67. The fourth-order valence-corrected chi connectivity index (χ4v) is 3.11. The number of benzene rings is 1. The van der Waals surface area contributed by atoms with E-state index in [1.54, 1.807) is 48.5 Å². The predicted octanol–water partition coefficient (Wildman–Crippen LogP) is 0.663. The Morgan fingerprint density at radius 2 is 1.85 bits per heavy atom. The lowest BCUT2D eigenvalue weighted by atomic mass is 9.98.